The highest BCUT2D eigenvalue weighted by Gasteiger charge is 2.46. The van der Waals surface area contributed by atoms with Crippen LogP contribution >= 0.6 is 0 Å². The van der Waals surface area contributed by atoms with Gasteiger partial charge in [0.15, 0.2) is 6.23 Å². The zero-order valence-electron chi connectivity index (χ0n) is 18.1. The van der Waals surface area contributed by atoms with Crippen LogP contribution in [0.3, 0.4) is 0 Å². The third-order valence-corrected chi connectivity index (χ3v) is 5.50. The summed E-state index contributed by atoms with van der Waals surface area (Å²) in [5, 5.41) is 13.3. The molecule has 1 unspecified atom stereocenters. The van der Waals surface area contributed by atoms with Crippen molar-refractivity contribution in [3.05, 3.63) is 58.6 Å². The Morgan fingerprint density at radius 2 is 1.97 bits per heavy atom. The SMILES string of the molecule is CC[C@H]1O[C@@H](n2ccc(NC(=O)c3ccccc3)nc2=O)C(O[C@H](C)[C@@H](C)OC)[C@H]1O. The molecule has 1 saturated heterocycles. The maximum Gasteiger partial charge on any atom is 0.351 e. The number of carbonyl (C=O) groups is 1. The summed E-state index contributed by atoms with van der Waals surface area (Å²) in [6.07, 6.45) is -1.54. The molecule has 1 aromatic heterocycles. The molecular weight excluding hydrogens is 402 g/mol. The number of hydrogen-bond acceptors (Lipinski definition) is 7. The van der Waals surface area contributed by atoms with Crippen molar-refractivity contribution >= 4 is 11.7 Å². The number of aliphatic hydroxyl groups excluding tert-OH is 1. The van der Waals surface area contributed by atoms with Gasteiger partial charge in [0.05, 0.1) is 18.3 Å². The molecule has 2 heterocycles. The van der Waals surface area contributed by atoms with E-state index in [9.17, 15) is 14.7 Å². The normalized spacial score (nSPS) is 25.2. The van der Waals surface area contributed by atoms with Crippen molar-refractivity contribution in [1.82, 2.24) is 9.55 Å². The van der Waals surface area contributed by atoms with Crippen molar-refractivity contribution in [2.24, 2.45) is 0 Å². The Kier molecular flexibility index (Phi) is 7.55. The van der Waals surface area contributed by atoms with Crippen LogP contribution in [-0.2, 0) is 14.2 Å². The Balaban J connectivity index is 1.81. The Hall–Kier alpha value is -2.59. The fraction of sp³-hybridized carbons (Fsp3) is 0.500. The van der Waals surface area contributed by atoms with Gasteiger partial charge in [-0.25, -0.2) is 4.79 Å². The minimum atomic E-state index is -0.911. The standard InChI is InChI=1S/C22H29N3O6/c1-5-16-18(26)19(30-14(3)13(2)29-4)21(31-16)25-12-11-17(24-22(25)28)23-20(27)15-9-7-6-8-10-15/h6-14,16,18-19,21,26H,5H2,1-4H3,(H,23,24,27,28)/t13-,14-,16-,18+,19?,21-/m1/s1. The zero-order valence-corrected chi connectivity index (χ0v) is 18.1. The maximum atomic E-state index is 12.7. The number of aromatic nitrogens is 2. The number of nitrogens with zero attached hydrogens (tertiary/aromatic N) is 2. The summed E-state index contributed by atoms with van der Waals surface area (Å²) in [5.74, 6) is -0.244. The van der Waals surface area contributed by atoms with Gasteiger partial charge < -0.3 is 24.6 Å². The lowest BCUT2D eigenvalue weighted by molar-refractivity contribution is -0.129. The molecule has 0 bridgehead atoms. The number of ether oxygens (including phenoxy) is 3. The number of anilines is 1. The van der Waals surface area contributed by atoms with E-state index >= 15 is 0 Å². The number of aliphatic hydroxyl groups is 1. The van der Waals surface area contributed by atoms with Gasteiger partial charge in [0.25, 0.3) is 5.91 Å². The molecule has 9 nitrogen and oxygen atoms in total. The molecule has 1 aliphatic rings. The quantitative estimate of drug-likeness (QED) is 0.657. The van der Waals surface area contributed by atoms with E-state index in [1.807, 2.05) is 26.8 Å². The summed E-state index contributed by atoms with van der Waals surface area (Å²) < 4.78 is 18.5. The van der Waals surface area contributed by atoms with Gasteiger partial charge >= 0.3 is 5.69 Å². The van der Waals surface area contributed by atoms with Crippen LogP contribution in [0.15, 0.2) is 47.4 Å². The fourth-order valence-corrected chi connectivity index (χ4v) is 3.43. The molecule has 3 rings (SSSR count). The molecule has 0 spiro atoms. The van der Waals surface area contributed by atoms with Gasteiger partial charge in [-0.15, -0.1) is 0 Å². The van der Waals surface area contributed by atoms with E-state index in [1.54, 1.807) is 31.4 Å². The van der Waals surface area contributed by atoms with Crippen LogP contribution < -0.4 is 11.0 Å². The highest BCUT2D eigenvalue weighted by molar-refractivity contribution is 6.03. The van der Waals surface area contributed by atoms with Gasteiger partial charge in [-0.1, -0.05) is 25.1 Å². The van der Waals surface area contributed by atoms with E-state index in [-0.39, 0.29) is 23.9 Å². The molecule has 1 aromatic carbocycles. The molecule has 1 aliphatic heterocycles. The molecule has 0 saturated carbocycles. The number of carbonyl (C=O) groups excluding carboxylic acids is 1. The zero-order chi connectivity index (χ0) is 22.5. The van der Waals surface area contributed by atoms with Crippen LogP contribution in [0.1, 0.15) is 43.8 Å². The van der Waals surface area contributed by atoms with Crippen molar-refractivity contribution in [2.75, 3.05) is 12.4 Å². The molecule has 168 valence electrons. The third kappa shape index (κ3) is 5.19. The Bertz CT molecular complexity index is 934. The third-order valence-electron chi connectivity index (χ3n) is 5.50. The second kappa shape index (κ2) is 10.1. The Labute approximate surface area is 181 Å². The maximum absolute atomic E-state index is 12.7. The van der Waals surface area contributed by atoms with Gasteiger partial charge in [-0.2, -0.15) is 4.98 Å². The summed E-state index contributed by atoms with van der Waals surface area (Å²) in [7, 11) is 1.58. The average Bonchev–Trinajstić information content (AvgIpc) is 3.08. The van der Waals surface area contributed by atoms with Crippen LogP contribution in [0.2, 0.25) is 0 Å². The summed E-state index contributed by atoms with van der Waals surface area (Å²) in [6, 6.07) is 10.1. The average molecular weight is 431 g/mol. The number of rotatable bonds is 8. The summed E-state index contributed by atoms with van der Waals surface area (Å²) >= 11 is 0. The molecule has 0 aliphatic carbocycles. The number of amides is 1. The van der Waals surface area contributed by atoms with Gasteiger partial charge in [0.2, 0.25) is 0 Å². The second-order valence-corrected chi connectivity index (χ2v) is 7.53. The van der Waals surface area contributed by atoms with E-state index in [2.05, 4.69) is 10.3 Å². The molecule has 1 amide bonds. The number of hydrogen-bond donors (Lipinski definition) is 2. The van der Waals surface area contributed by atoms with Gasteiger partial charge in [0, 0.05) is 18.9 Å². The van der Waals surface area contributed by atoms with E-state index < -0.39 is 30.2 Å². The Morgan fingerprint density at radius 3 is 2.58 bits per heavy atom. The fourth-order valence-electron chi connectivity index (χ4n) is 3.43. The van der Waals surface area contributed by atoms with Crippen molar-refractivity contribution in [3.63, 3.8) is 0 Å². The van der Waals surface area contributed by atoms with E-state index in [0.717, 1.165) is 0 Å². The lowest BCUT2D eigenvalue weighted by atomic mass is 10.1. The first-order valence-electron chi connectivity index (χ1n) is 10.3. The van der Waals surface area contributed by atoms with Gasteiger partial charge in [-0.3, -0.25) is 9.36 Å². The van der Waals surface area contributed by atoms with Crippen LogP contribution in [-0.4, -0.2) is 58.2 Å². The van der Waals surface area contributed by atoms with Crippen molar-refractivity contribution in [2.45, 2.75) is 63.9 Å². The van der Waals surface area contributed by atoms with E-state index in [1.165, 1.54) is 16.8 Å². The molecule has 31 heavy (non-hydrogen) atoms. The lowest BCUT2D eigenvalue weighted by Gasteiger charge is -2.28. The van der Waals surface area contributed by atoms with Crippen LogP contribution in [0.4, 0.5) is 5.82 Å². The van der Waals surface area contributed by atoms with E-state index in [0.29, 0.717) is 12.0 Å². The van der Waals surface area contributed by atoms with Gasteiger partial charge in [-0.05, 0) is 38.5 Å². The molecule has 2 N–H and O–H groups in total. The highest BCUT2D eigenvalue weighted by atomic mass is 16.6. The predicted molar refractivity (Wildman–Crippen MR) is 114 cm³/mol. The minimum absolute atomic E-state index is 0.125. The van der Waals surface area contributed by atoms with Crippen LogP contribution in [0.5, 0.6) is 0 Å². The number of nitrogens with one attached hydrogen (secondary N) is 1. The molecule has 0 radical (unpaired) electrons. The highest BCUT2D eigenvalue weighted by Crippen LogP contribution is 2.33. The number of benzene rings is 1. The summed E-state index contributed by atoms with van der Waals surface area (Å²) in [6.45, 7) is 5.58. The smallest absolute Gasteiger partial charge is 0.351 e. The minimum Gasteiger partial charge on any atom is -0.388 e. The van der Waals surface area contributed by atoms with Crippen LogP contribution in [0, 0.1) is 0 Å². The van der Waals surface area contributed by atoms with Crippen molar-refractivity contribution in [3.8, 4) is 0 Å². The van der Waals surface area contributed by atoms with Crippen molar-refractivity contribution in [1.29, 1.82) is 0 Å². The monoisotopic (exact) mass is 431 g/mol. The first kappa shape index (κ1) is 23.1. The molecule has 6 atom stereocenters. The summed E-state index contributed by atoms with van der Waals surface area (Å²) in [5.41, 5.74) is -0.169. The Morgan fingerprint density at radius 1 is 1.26 bits per heavy atom. The second-order valence-electron chi connectivity index (χ2n) is 7.53. The first-order valence-corrected chi connectivity index (χ1v) is 10.3. The first-order chi connectivity index (χ1) is 14.8. The van der Waals surface area contributed by atoms with Crippen molar-refractivity contribution < 1.29 is 24.1 Å². The van der Waals surface area contributed by atoms with Crippen LogP contribution in [0.25, 0.3) is 0 Å². The molecule has 9 heteroatoms. The van der Waals surface area contributed by atoms with Gasteiger partial charge in [0.1, 0.15) is 18.0 Å². The summed E-state index contributed by atoms with van der Waals surface area (Å²) in [4.78, 5) is 29.0. The predicted octanol–water partition coefficient (Wildman–Crippen LogP) is 1.97. The molecule has 2 aromatic rings. The molecule has 1 fully saturated rings. The topological polar surface area (TPSA) is 112 Å². The largest absolute Gasteiger partial charge is 0.388 e. The molecular formula is C22H29N3O6. The lowest BCUT2D eigenvalue weighted by Crippen LogP contribution is -2.41. The number of methoxy groups -OCH3 is 1. The van der Waals surface area contributed by atoms with E-state index in [4.69, 9.17) is 14.2 Å².